The first-order valence-electron chi connectivity index (χ1n) is 12.8. The number of alkyl carbamates (subject to hydrolysis) is 2. The molecule has 4 N–H and O–H groups in total. The molecule has 2 rings (SSSR count). The normalized spacial score (nSPS) is 12.5. The Morgan fingerprint density at radius 3 is 1.37 bits per heavy atom. The molecule has 14 nitrogen and oxygen atoms in total. The Morgan fingerprint density at radius 1 is 0.698 bits per heavy atom. The third-order valence-corrected chi connectivity index (χ3v) is 7.35. The van der Waals surface area contributed by atoms with Gasteiger partial charge in [0.15, 0.2) is 0 Å². The summed E-state index contributed by atoms with van der Waals surface area (Å²) in [6.45, 7) is 13.5. The van der Waals surface area contributed by atoms with Gasteiger partial charge in [-0.1, -0.05) is 22.7 Å². The molecule has 244 valence electrons. The number of carbonyl (C=O) groups is 4. The number of anilines is 2. The quantitative estimate of drug-likeness (QED) is 0.236. The van der Waals surface area contributed by atoms with Crippen LogP contribution in [0.2, 0.25) is 0 Å². The first kappa shape index (κ1) is 40.6. The van der Waals surface area contributed by atoms with Gasteiger partial charge in [0.2, 0.25) is 22.1 Å². The lowest BCUT2D eigenvalue weighted by atomic mass is 10.2. The van der Waals surface area contributed by atoms with Crippen LogP contribution in [0.15, 0.2) is 0 Å². The van der Waals surface area contributed by atoms with Crippen LogP contribution in [0, 0.1) is 0 Å². The molecule has 2 aromatic rings. The number of thioether (sulfide) groups is 1. The smallest absolute Gasteiger partial charge is 0.408 e. The number of amides is 4. The Bertz CT molecular complexity index is 1110. The van der Waals surface area contributed by atoms with Gasteiger partial charge in [-0.25, -0.2) is 9.59 Å². The van der Waals surface area contributed by atoms with Gasteiger partial charge < -0.3 is 20.1 Å². The molecule has 0 saturated carbocycles. The monoisotopic (exact) mass is 698 g/mol. The van der Waals surface area contributed by atoms with Crippen LogP contribution in [-0.4, -0.2) is 79.2 Å². The molecular formula is C24H42N8O6S5. The van der Waals surface area contributed by atoms with E-state index in [1.54, 1.807) is 67.2 Å². The molecule has 4 amide bonds. The van der Waals surface area contributed by atoms with Crippen molar-refractivity contribution in [3.05, 3.63) is 10.0 Å². The highest BCUT2D eigenvalue weighted by molar-refractivity contribution is 7.99. The fraction of sp³-hybridized carbons (Fsp3) is 0.667. The number of aryl methyl sites for hydroxylation is 2. The van der Waals surface area contributed by atoms with Gasteiger partial charge in [0, 0.05) is 12.8 Å². The lowest BCUT2D eigenvalue weighted by Gasteiger charge is -2.21. The average molecular weight is 699 g/mol. The second-order valence-electron chi connectivity index (χ2n) is 10.8. The zero-order valence-corrected chi connectivity index (χ0v) is 29.9. The predicted molar refractivity (Wildman–Crippen MR) is 180 cm³/mol. The van der Waals surface area contributed by atoms with Crippen molar-refractivity contribution in [2.75, 3.05) is 22.1 Å². The van der Waals surface area contributed by atoms with Crippen LogP contribution in [0.4, 0.5) is 19.9 Å². The van der Waals surface area contributed by atoms with E-state index in [9.17, 15) is 19.2 Å². The Morgan fingerprint density at radius 2 is 1.05 bits per heavy atom. The zero-order valence-electron chi connectivity index (χ0n) is 25.4. The van der Waals surface area contributed by atoms with Gasteiger partial charge in [0.1, 0.15) is 33.3 Å². The summed E-state index contributed by atoms with van der Waals surface area (Å²) in [6.07, 6.45) is -0.00744. The van der Waals surface area contributed by atoms with Gasteiger partial charge in [-0.15, -0.1) is 20.4 Å². The van der Waals surface area contributed by atoms with E-state index in [2.05, 4.69) is 41.7 Å². The highest BCUT2D eigenvalue weighted by Gasteiger charge is 2.23. The van der Waals surface area contributed by atoms with E-state index in [-0.39, 0.29) is 27.0 Å². The SMILES string of the molecule is C[C@H](NC(=O)OC(C)(C)C)C(=O)Nc1nnc(CCSCCc2nnc(NC(=O)[C@H](C)NC(=O)OC(C)(C)C)s2)s1.S.S. The van der Waals surface area contributed by atoms with Crippen LogP contribution in [-0.2, 0) is 31.9 Å². The number of hydrogen-bond donors (Lipinski definition) is 4. The molecule has 0 aliphatic carbocycles. The molecular weight excluding hydrogens is 657 g/mol. The fourth-order valence-corrected chi connectivity index (χ4v) is 5.38. The van der Waals surface area contributed by atoms with Crippen LogP contribution in [0.3, 0.4) is 0 Å². The summed E-state index contributed by atoms with van der Waals surface area (Å²) in [6, 6.07) is -1.61. The Labute approximate surface area is 277 Å². The standard InChI is InChI=1S/C24H38N8O6S3.2H2S/c1-13(25-21(35)37-23(3,4)5)17(33)27-19-31-29-15(40-19)9-11-39-12-10-16-30-32-20(41-16)28-18(34)14(2)26-22(36)38-24(6,7)8;;/h13-14H,9-12H2,1-8H3,(H,25,35)(H,26,36)(H,27,31,33)(H,28,32,34);2*1H2/t13-,14-;;/m0../s1. The van der Waals surface area contributed by atoms with Crippen LogP contribution in [0.5, 0.6) is 0 Å². The molecule has 0 radical (unpaired) electrons. The third-order valence-electron chi connectivity index (χ3n) is 4.57. The lowest BCUT2D eigenvalue weighted by molar-refractivity contribution is -0.118. The maximum atomic E-state index is 12.3. The summed E-state index contributed by atoms with van der Waals surface area (Å²) in [5, 5.41) is 28.7. The Kier molecular flexibility index (Phi) is 17.4. The van der Waals surface area contributed by atoms with E-state index < -0.39 is 47.3 Å². The summed E-state index contributed by atoms with van der Waals surface area (Å²) < 4.78 is 10.3. The second kappa shape index (κ2) is 18.5. The summed E-state index contributed by atoms with van der Waals surface area (Å²) in [5.74, 6) is 0.730. The molecule has 2 heterocycles. The number of ether oxygens (including phenoxy) is 2. The summed E-state index contributed by atoms with van der Waals surface area (Å²) in [4.78, 5) is 48.4. The molecule has 19 heteroatoms. The van der Waals surface area contributed by atoms with E-state index >= 15 is 0 Å². The highest BCUT2D eigenvalue weighted by Crippen LogP contribution is 2.20. The number of hydrogen-bond acceptors (Lipinski definition) is 13. The Hall–Kier alpha value is -2.35. The summed E-state index contributed by atoms with van der Waals surface area (Å²) in [7, 11) is 0. The second-order valence-corrected chi connectivity index (χ2v) is 14.2. The van der Waals surface area contributed by atoms with Crippen molar-refractivity contribution in [2.45, 2.75) is 91.5 Å². The van der Waals surface area contributed by atoms with Crippen LogP contribution in [0.25, 0.3) is 0 Å². The first-order valence-corrected chi connectivity index (χ1v) is 15.6. The number of aromatic nitrogens is 4. The highest BCUT2D eigenvalue weighted by atomic mass is 32.2. The van der Waals surface area contributed by atoms with Crippen molar-refractivity contribution in [1.82, 2.24) is 31.0 Å². The van der Waals surface area contributed by atoms with Gasteiger partial charge in [0.25, 0.3) is 0 Å². The maximum Gasteiger partial charge on any atom is 0.408 e. The molecule has 43 heavy (non-hydrogen) atoms. The predicted octanol–water partition coefficient (Wildman–Crippen LogP) is 3.84. The Balaban J connectivity index is 0.00000882. The van der Waals surface area contributed by atoms with Gasteiger partial charge in [-0.05, 0) is 66.9 Å². The van der Waals surface area contributed by atoms with Crippen molar-refractivity contribution < 1.29 is 28.7 Å². The van der Waals surface area contributed by atoms with E-state index in [4.69, 9.17) is 9.47 Å². The molecule has 0 saturated heterocycles. The van der Waals surface area contributed by atoms with Crippen LogP contribution in [0.1, 0.15) is 65.4 Å². The minimum absolute atomic E-state index is 0. The van der Waals surface area contributed by atoms with Crippen LogP contribution >= 0.6 is 61.4 Å². The number of carbonyl (C=O) groups excluding carboxylic acids is 4. The van der Waals surface area contributed by atoms with E-state index in [0.29, 0.717) is 23.1 Å². The molecule has 2 aromatic heterocycles. The summed E-state index contributed by atoms with van der Waals surface area (Å²) >= 11 is 4.25. The topological polar surface area (TPSA) is 186 Å². The average Bonchev–Trinajstić information content (AvgIpc) is 3.45. The van der Waals surface area contributed by atoms with E-state index in [1.165, 1.54) is 22.7 Å². The molecule has 0 bridgehead atoms. The number of nitrogens with one attached hydrogen (secondary N) is 4. The van der Waals surface area contributed by atoms with E-state index in [1.807, 2.05) is 0 Å². The van der Waals surface area contributed by atoms with Crippen molar-refractivity contribution in [3.8, 4) is 0 Å². The molecule has 0 fully saturated rings. The van der Waals surface area contributed by atoms with Crippen molar-refractivity contribution in [2.24, 2.45) is 0 Å². The molecule has 0 aliphatic rings. The van der Waals surface area contributed by atoms with Gasteiger partial charge in [-0.3, -0.25) is 20.2 Å². The minimum atomic E-state index is -0.806. The molecule has 0 aliphatic heterocycles. The first-order chi connectivity index (χ1) is 19.0. The lowest BCUT2D eigenvalue weighted by Crippen LogP contribution is -2.43. The molecule has 0 unspecified atom stereocenters. The van der Waals surface area contributed by atoms with Crippen molar-refractivity contribution >= 4 is 95.7 Å². The van der Waals surface area contributed by atoms with Gasteiger partial charge >= 0.3 is 12.2 Å². The fourth-order valence-electron chi connectivity index (χ4n) is 2.76. The number of nitrogens with zero attached hydrogens (tertiary/aromatic N) is 4. The molecule has 0 aromatic carbocycles. The zero-order chi connectivity index (χ0) is 30.8. The molecule has 0 spiro atoms. The minimum Gasteiger partial charge on any atom is -0.444 e. The maximum absolute atomic E-state index is 12.3. The van der Waals surface area contributed by atoms with E-state index in [0.717, 1.165) is 21.5 Å². The third kappa shape index (κ3) is 16.9. The van der Waals surface area contributed by atoms with Gasteiger partial charge in [-0.2, -0.15) is 38.8 Å². The van der Waals surface area contributed by atoms with Crippen molar-refractivity contribution in [1.29, 1.82) is 0 Å². The van der Waals surface area contributed by atoms with Crippen LogP contribution < -0.4 is 21.3 Å². The van der Waals surface area contributed by atoms with Crippen molar-refractivity contribution in [3.63, 3.8) is 0 Å². The molecule has 2 atom stereocenters. The summed E-state index contributed by atoms with van der Waals surface area (Å²) in [5.41, 5.74) is -1.32. The van der Waals surface area contributed by atoms with Gasteiger partial charge in [0.05, 0.1) is 0 Å². The largest absolute Gasteiger partial charge is 0.444 e. The number of rotatable bonds is 12.